The van der Waals surface area contributed by atoms with Gasteiger partial charge in [-0.15, -0.1) is 0 Å². The van der Waals surface area contributed by atoms with Crippen LogP contribution in [0.25, 0.3) is 0 Å². The molecule has 0 unspecified atom stereocenters. The smallest absolute Gasteiger partial charge is 0.253 e. The molecule has 2 amide bonds. The third kappa shape index (κ3) is 3.68. The molecule has 6 heteroatoms. The van der Waals surface area contributed by atoms with Gasteiger partial charge in [-0.1, -0.05) is 23.2 Å². The van der Waals surface area contributed by atoms with E-state index in [1.165, 1.54) is 0 Å². The van der Waals surface area contributed by atoms with E-state index in [0.29, 0.717) is 10.6 Å². The summed E-state index contributed by atoms with van der Waals surface area (Å²) in [5.41, 5.74) is 1.33. The zero-order valence-corrected chi connectivity index (χ0v) is 11.4. The van der Waals surface area contributed by atoms with E-state index in [1.807, 2.05) is 13.0 Å². The lowest BCUT2D eigenvalue weighted by atomic mass is 10.1. The lowest BCUT2D eigenvalue weighted by Gasteiger charge is -2.27. The van der Waals surface area contributed by atoms with Crippen molar-refractivity contribution in [3.8, 4) is 0 Å². The minimum absolute atomic E-state index is 0.0421. The van der Waals surface area contributed by atoms with E-state index in [4.69, 9.17) is 11.6 Å². The van der Waals surface area contributed by atoms with Gasteiger partial charge in [0, 0.05) is 13.1 Å². The Labute approximate surface area is 116 Å². The van der Waals surface area contributed by atoms with Crippen LogP contribution in [0.5, 0.6) is 0 Å². The molecule has 1 fully saturated rings. The van der Waals surface area contributed by atoms with Crippen LogP contribution in [0.3, 0.4) is 0 Å². The minimum atomic E-state index is -0.337. The molecule has 1 aromatic carbocycles. The van der Waals surface area contributed by atoms with Gasteiger partial charge >= 0.3 is 0 Å². The number of halogens is 1. The average Bonchev–Trinajstić information content (AvgIpc) is 2.34. The van der Waals surface area contributed by atoms with Crippen LogP contribution in [0.4, 0.5) is 0 Å². The topological polar surface area (TPSA) is 70.2 Å². The van der Waals surface area contributed by atoms with Crippen molar-refractivity contribution in [1.82, 2.24) is 16.0 Å². The predicted octanol–water partition coefficient (Wildman–Crippen LogP) is 0.466. The summed E-state index contributed by atoms with van der Waals surface area (Å²) in [6, 6.07) is 5.37. The van der Waals surface area contributed by atoms with Crippen molar-refractivity contribution >= 4 is 23.4 Å². The van der Waals surface area contributed by atoms with Gasteiger partial charge in [-0.3, -0.25) is 9.59 Å². The molecule has 0 atom stereocenters. The third-order valence-electron chi connectivity index (χ3n) is 2.92. The van der Waals surface area contributed by atoms with Gasteiger partial charge in [-0.05, 0) is 19.1 Å². The third-order valence-corrected chi connectivity index (χ3v) is 3.25. The van der Waals surface area contributed by atoms with E-state index in [9.17, 15) is 9.59 Å². The zero-order valence-electron chi connectivity index (χ0n) is 10.6. The number of hydrogen-bond acceptors (Lipinski definition) is 3. The van der Waals surface area contributed by atoms with Crippen LogP contribution < -0.4 is 16.0 Å². The summed E-state index contributed by atoms with van der Waals surface area (Å²) in [6.45, 7) is 3.40. The highest BCUT2D eigenvalue weighted by Gasteiger charge is 2.19. The Kier molecular flexibility index (Phi) is 4.39. The van der Waals surface area contributed by atoms with Crippen LogP contribution in [-0.2, 0) is 4.79 Å². The summed E-state index contributed by atoms with van der Waals surface area (Å²) in [5, 5.41) is 8.80. The van der Waals surface area contributed by atoms with Gasteiger partial charge in [-0.25, -0.2) is 0 Å². The molecule has 0 spiro atoms. The maximum Gasteiger partial charge on any atom is 0.253 e. The Morgan fingerprint density at radius 3 is 2.79 bits per heavy atom. The lowest BCUT2D eigenvalue weighted by Crippen LogP contribution is -2.58. The molecule has 0 aromatic heterocycles. The number of carbonyl (C=O) groups is 2. The molecule has 102 valence electrons. The highest BCUT2D eigenvalue weighted by Crippen LogP contribution is 2.16. The first-order chi connectivity index (χ1) is 9.06. The highest BCUT2D eigenvalue weighted by atomic mass is 35.5. The lowest BCUT2D eigenvalue weighted by molar-refractivity contribution is -0.121. The van der Waals surface area contributed by atoms with Crippen LogP contribution in [0.1, 0.15) is 15.9 Å². The van der Waals surface area contributed by atoms with Crippen molar-refractivity contribution in [2.45, 2.75) is 13.0 Å². The Morgan fingerprint density at radius 2 is 2.16 bits per heavy atom. The van der Waals surface area contributed by atoms with Gasteiger partial charge < -0.3 is 16.0 Å². The molecule has 1 aromatic rings. The summed E-state index contributed by atoms with van der Waals surface area (Å²) in [4.78, 5) is 23.5. The molecule has 3 N–H and O–H groups in total. The standard InChI is InChI=1S/C13H16ClN3O2/c1-8-2-3-11(14)10(4-8)13(19)16-7-12(18)17-9-5-15-6-9/h2-4,9,15H,5-7H2,1H3,(H,16,19)(H,17,18). The quantitative estimate of drug-likeness (QED) is 0.751. The highest BCUT2D eigenvalue weighted by molar-refractivity contribution is 6.33. The molecular formula is C13H16ClN3O2. The maximum absolute atomic E-state index is 11.9. The van der Waals surface area contributed by atoms with E-state index in [2.05, 4.69) is 16.0 Å². The summed E-state index contributed by atoms with van der Waals surface area (Å²) in [6.07, 6.45) is 0. The number of carbonyl (C=O) groups excluding carboxylic acids is 2. The van der Waals surface area contributed by atoms with Crippen LogP contribution in [0.15, 0.2) is 18.2 Å². The zero-order chi connectivity index (χ0) is 13.8. The molecule has 0 aliphatic carbocycles. The molecule has 0 radical (unpaired) electrons. The number of hydrogen-bond donors (Lipinski definition) is 3. The molecule has 1 aliphatic heterocycles. The fourth-order valence-electron chi connectivity index (χ4n) is 1.74. The molecule has 1 aliphatic rings. The fourth-order valence-corrected chi connectivity index (χ4v) is 1.94. The second-order valence-corrected chi connectivity index (χ2v) is 5.00. The molecule has 1 heterocycles. The van der Waals surface area contributed by atoms with Crippen molar-refractivity contribution in [2.75, 3.05) is 19.6 Å². The van der Waals surface area contributed by atoms with E-state index >= 15 is 0 Å². The summed E-state index contributed by atoms with van der Waals surface area (Å²) in [5.74, 6) is -0.529. The Hall–Kier alpha value is -1.59. The van der Waals surface area contributed by atoms with Gasteiger partial charge in [-0.2, -0.15) is 0 Å². The van der Waals surface area contributed by atoms with Gasteiger partial charge in [0.1, 0.15) is 0 Å². The van der Waals surface area contributed by atoms with Crippen molar-refractivity contribution in [2.24, 2.45) is 0 Å². The summed E-state index contributed by atoms with van der Waals surface area (Å²) < 4.78 is 0. The average molecular weight is 282 g/mol. The molecule has 5 nitrogen and oxygen atoms in total. The van der Waals surface area contributed by atoms with E-state index in [0.717, 1.165) is 18.7 Å². The molecular weight excluding hydrogens is 266 g/mol. The molecule has 2 rings (SSSR count). The number of aryl methyl sites for hydroxylation is 1. The number of benzene rings is 1. The van der Waals surface area contributed by atoms with E-state index in [1.54, 1.807) is 12.1 Å². The van der Waals surface area contributed by atoms with Gasteiger partial charge in [0.25, 0.3) is 5.91 Å². The normalized spacial score (nSPS) is 14.6. The molecule has 19 heavy (non-hydrogen) atoms. The van der Waals surface area contributed by atoms with E-state index in [-0.39, 0.29) is 24.4 Å². The first-order valence-corrected chi connectivity index (χ1v) is 6.48. The Bertz CT molecular complexity index is 501. The van der Waals surface area contributed by atoms with Crippen molar-refractivity contribution in [1.29, 1.82) is 0 Å². The Balaban J connectivity index is 1.86. The molecule has 1 saturated heterocycles. The first-order valence-electron chi connectivity index (χ1n) is 6.10. The van der Waals surface area contributed by atoms with Crippen LogP contribution in [-0.4, -0.2) is 37.5 Å². The largest absolute Gasteiger partial charge is 0.349 e. The predicted molar refractivity (Wildman–Crippen MR) is 73.3 cm³/mol. The van der Waals surface area contributed by atoms with Crippen molar-refractivity contribution < 1.29 is 9.59 Å². The van der Waals surface area contributed by atoms with Crippen LogP contribution in [0, 0.1) is 6.92 Å². The van der Waals surface area contributed by atoms with Crippen LogP contribution >= 0.6 is 11.6 Å². The van der Waals surface area contributed by atoms with Gasteiger partial charge in [0.05, 0.1) is 23.2 Å². The minimum Gasteiger partial charge on any atom is -0.349 e. The van der Waals surface area contributed by atoms with Gasteiger partial charge in [0.2, 0.25) is 5.91 Å². The Morgan fingerprint density at radius 1 is 1.42 bits per heavy atom. The molecule has 0 saturated carbocycles. The number of amides is 2. The second-order valence-electron chi connectivity index (χ2n) is 4.59. The van der Waals surface area contributed by atoms with Gasteiger partial charge in [0.15, 0.2) is 0 Å². The summed E-state index contributed by atoms with van der Waals surface area (Å²) >= 11 is 5.95. The second kappa shape index (κ2) is 6.04. The maximum atomic E-state index is 11.9. The van der Waals surface area contributed by atoms with Crippen molar-refractivity contribution in [3.63, 3.8) is 0 Å². The number of nitrogens with one attached hydrogen (secondary N) is 3. The summed E-state index contributed by atoms with van der Waals surface area (Å²) in [7, 11) is 0. The SMILES string of the molecule is Cc1ccc(Cl)c(C(=O)NCC(=O)NC2CNC2)c1. The number of rotatable bonds is 4. The van der Waals surface area contributed by atoms with Crippen molar-refractivity contribution in [3.05, 3.63) is 34.3 Å². The molecule has 0 bridgehead atoms. The van der Waals surface area contributed by atoms with Crippen LogP contribution in [0.2, 0.25) is 5.02 Å². The fraction of sp³-hybridized carbons (Fsp3) is 0.385. The first kappa shape index (κ1) is 13.8. The monoisotopic (exact) mass is 281 g/mol. The van der Waals surface area contributed by atoms with E-state index < -0.39 is 0 Å².